The molecule has 2 aliphatic heterocycles. The van der Waals surface area contributed by atoms with E-state index in [1.54, 1.807) is 11.8 Å². The summed E-state index contributed by atoms with van der Waals surface area (Å²) in [5.41, 5.74) is 1.22. The number of hydrogen-bond donors (Lipinski definition) is 1. The molecule has 0 aliphatic carbocycles. The third kappa shape index (κ3) is 2.15. The SMILES string of the molecule is C[C@@H]1CN(C(=O)C2CSc3ccccc32)CCN1. The van der Waals surface area contributed by atoms with Crippen molar-refractivity contribution in [3.05, 3.63) is 29.8 Å². The Kier molecular flexibility index (Phi) is 3.31. The standard InChI is InChI=1S/C14H18N2OS/c1-10-8-16(7-6-15-10)14(17)12-9-18-13-5-3-2-4-11(12)13/h2-5,10,12,15H,6-9H2,1H3/t10-,12?/m1/s1. The number of fused-ring (bicyclic) bond motifs is 1. The van der Waals surface area contributed by atoms with Crippen molar-refractivity contribution in [3.8, 4) is 0 Å². The third-order valence-electron chi connectivity index (χ3n) is 3.68. The molecule has 0 radical (unpaired) electrons. The number of nitrogens with zero attached hydrogens (tertiary/aromatic N) is 1. The second kappa shape index (κ2) is 4.94. The Morgan fingerprint density at radius 1 is 1.44 bits per heavy atom. The van der Waals surface area contributed by atoms with E-state index in [1.807, 2.05) is 17.0 Å². The monoisotopic (exact) mass is 262 g/mol. The Morgan fingerprint density at radius 3 is 3.11 bits per heavy atom. The number of amides is 1. The summed E-state index contributed by atoms with van der Waals surface area (Å²) in [6.07, 6.45) is 0. The molecule has 0 spiro atoms. The Balaban J connectivity index is 1.78. The smallest absolute Gasteiger partial charge is 0.231 e. The lowest BCUT2D eigenvalue weighted by Gasteiger charge is -2.33. The van der Waals surface area contributed by atoms with Gasteiger partial charge >= 0.3 is 0 Å². The molecule has 4 heteroatoms. The maximum atomic E-state index is 12.6. The maximum Gasteiger partial charge on any atom is 0.231 e. The van der Waals surface area contributed by atoms with Gasteiger partial charge in [-0.05, 0) is 18.6 Å². The second-order valence-corrected chi connectivity index (χ2v) is 6.10. The molecule has 2 heterocycles. The highest BCUT2D eigenvalue weighted by Gasteiger charge is 2.33. The van der Waals surface area contributed by atoms with E-state index in [0.29, 0.717) is 11.9 Å². The van der Waals surface area contributed by atoms with Crippen molar-refractivity contribution in [1.82, 2.24) is 10.2 Å². The molecule has 1 aromatic carbocycles. The summed E-state index contributed by atoms with van der Waals surface area (Å²) in [5.74, 6) is 1.27. The molecule has 3 rings (SSSR count). The summed E-state index contributed by atoms with van der Waals surface area (Å²) >= 11 is 1.81. The van der Waals surface area contributed by atoms with Crippen molar-refractivity contribution in [1.29, 1.82) is 0 Å². The van der Waals surface area contributed by atoms with Crippen LogP contribution in [0.15, 0.2) is 29.2 Å². The predicted molar refractivity (Wildman–Crippen MR) is 74.0 cm³/mol. The van der Waals surface area contributed by atoms with Crippen molar-refractivity contribution in [2.75, 3.05) is 25.4 Å². The topological polar surface area (TPSA) is 32.3 Å². The molecule has 2 aliphatic rings. The van der Waals surface area contributed by atoms with Gasteiger partial charge in [0.1, 0.15) is 0 Å². The highest BCUT2D eigenvalue weighted by molar-refractivity contribution is 7.99. The van der Waals surface area contributed by atoms with E-state index < -0.39 is 0 Å². The highest BCUT2D eigenvalue weighted by atomic mass is 32.2. The van der Waals surface area contributed by atoms with Gasteiger partial charge in [0.25, 0.3) is 0 Å². The first-order valence-corrected chi connectivity index (χ1v) is 7.48. The van der Waals surface area contributed by atoms with E-state index in [4.69, 9.17) is 0 Å². The summed E-state index contributed by atoms with van der Waals surface area (Å²) in [7, 11) is 0. The number of rotatable bonds is 1. The number of benzene rings is 1. The molecule has 0 bridgehead atoms. The lowest BCUT2D eigenvalue weighted by molar-refractivity contribution is -0.133. The van der Waals surface area contributed by atoms with Gasteiger partial charge in [0, 0.05) is 36.3 Å². The quantitative estimate of drug-likeness (QED) is 0.836. The lowest BCUT2D eigenvalue weighted by atomic mass is 9.99. The van der Waals surface area contributed by atoms with Crippen LogP contribution in [0.25, 0.3) is 0 Å². The molecule has 0 aromatic heterocycles. The Hall–Kier alpha value is -1.00. The van der Waals surface area contributed by atoms with Gasteiger partial charge in [0.15, 0.2) is 0 Å². The molecule has 96 valence electrons. The number of hydrogen-bond acceptors (Lipinski definition) is 3. The second-order valence-electron chi connectivity index (χ2n) is 5.04. The number of nitrogens with one attached hydrogen (secondary N) is 1. The van der Waals surface area contributed by atoms with E-state index in [2.05, 4.69) is 24.4 Å². The van der Waals surface area contributed by atoms with Crippen LogP contribution in [-0.4, -0.2) is 42.2 Å². The average molecular weight is 262 g/mol. The summed E-state index contributed by atoms with van der Waals surface area (Å²) < 4.78 is 0. The van der Waals surface area contributed by atoms with Gasteiger partial charge in [-0.15, -0.1) is 11.8 Å². The fourth-order valence-corrected chi connectivity index (χ4v) is 3.94. The minimum absolute atomic E-state index is 0.0662. The van der Waals surface area contributed by atoms with Crippen molar-refractivity contribution in [2.24, 2.45) is 0 Å². The number of carbonyl (C=O) groups is 1. The fourth-order valence-electron chi connectivity index (χ4n) is 2.72. The van der Waals surface area contributed by atoms with Crippen molar-refractivity contribution in [3.63, 3.8) is 0 Å². The van der Waals surface area contributed by atoms with Gasteiger partial charge in [-0.25, -0.2) is 0 Å². The van der Waals surface area contributed by atoms with E-state index in [1.165, 1.54) is 10.5 Å². The molecule has 2 atom stereocenters. The van der Waals surface area contributed by atoms with Gasteiger partial charge in [-0.2, -0.15) is 0 Å². The van der Waals surface area contributed by atoms with Crippen LogP contribution in [0, 0.1) is 0 Å². The first-order valence-electron chi connectivity index (χ1n) is 6.49. The molecule has 1 unspecified atom stereocenters. The molecule has 3 nitrogen and oxygen atoms in total. The zero-order chi connectivity index (χ0) is 12.5. The van der Waals surface area contributed by atoms with Gasteiger partial charge < -0.3 is 10.2 Å². The third-order valence-corrected chi connectivity index (χ3v) is 4.86. The fraction of sp³-hybridized carbons (Fsp3) is 0.500. The van der Waals surface area contributed by atoms with E-state index >= 15 is 0 Å². The molecule has 1 aromatic rings. The molecule has 1 fully saturated rings. The zero-order valence-corrected chi connectivity index (χ0v) is 11.4. The average Bonchev–Trinajstić information content (AvgIpc) is 2.82. The molecule has 1 saturated heterocycles. The summed E-state index contributed by atoms with van der Waals surface area (Å²) in [5, 5.41) is 3.38. The van der Waals surface area contributed by atoms with Gasteiger partial charge in [-0.3, -0.25) is 4.79 Å². The summed E-state index contributed by atoms with van der Waals surface area (Å²) in [6.45, 7) is 4.72. The van der Waals surface area contributed by atoms with Crippen LogP contribution in [0.2, 0.25) is 0 Å². The molecule has 18 heavy (non-hydrogen) atoms. The number of piperazine rings is 1. The van der Waals surface area contributed by atoms with Crippen LogP contribution in [0.3, 0.4) is 0 Å². The highest BCUT2D eigenvalue weighted by Crippen LogP contribution is 2.40. The predicted octanol–water partition coefficient (Wildman–Crippen LogP) is 1.70. The Labute approximate surface area is 112 Å². The maximum absolute atomic E-state index is 12.6. The van der Waals surface area contributed by atoms with E-state index in [-0.39, 0.29) is 5.92 Å². The van der Waals surface area contributed by atoms with Crippen LogP contribution >= 0.6 is 11.8 Å². The van der Waals surface area contributed by atoms with E-state index in [0.717, 1.165) is 25.4 Å². The molecule has 1 N–H and O–H groups in total. The minimum atomic E-state index is 0.0662. The molecule has 1 amide bonds. The molecular weight excluding hydrogens is 244 g/mol. The van der Waals surface area contributed by atoms with Crippen LogP contribution in [0.4, 0.5) is 0 Å². The van der Waals surface area contributed by atoms with Gasteiger partial charge in [-0.1, -0.05) is 18.2 Å². The van der Waals surface area contributed by atoms with Crippen LogP contribution < -0.4 is 5.32 Å². The number of thioether (sulfide) groups is 1. The molecular formula is C14H18N2OS. The Bertz CT molecular complexity index is 463. The van der Waals surface area contributed by atoms with Crippen molar-refractivity contribution < 1.29 is 4.79 Å². The first kappa shape index (κ1) is 12.1. The molecule has 0 saturated carbocycles. The largest absolute Gasteiger partial charge is 0.339 e. The van der Waals surface area contributed by atoms with Crippen molar-refractivity contribution in [2.45, 2.75) is 23.8 Å². The zero-order valence-electron chi connectivity index (χ0n) is 10.6. The number of carbonyl (C=O) groups excluding carboxylic acids is 1. The van der Waals surface area contributed by atoms with Crippen LogP contribution in [0.1, 0.15) is 18.4 Å². The van der Waals surface area contributed by atoms with Crippen LogP contribution in [-0.2, 0) is 4.79 Å². The van der Waals surface area contributed by atoms with Gasteiger partial charge in [0.05, 0.1) is 5.92 Å². The summed E-state index contributed by atoms with van der Waals surface area (Å²) in [6, 6.07) is 8.71. The minimum Gasteiger partial charge on any atom is -0.339 e. The lowest BCUT2D eigenvalue weighted by Crippen LogP contribution is -2.52. The van der Waals surface area contributed by atoms with Crippen LogP contribution in [0.5, 0.6) is 0 Å². The van der Waals surface area contributed by atoms with Crippen molar-refractivity contribution >= 4 is 17.7 Å². The van der Waals surface area contributed by atoms with Gasteiger partial charge in [0.2, 0.25) is 5.91 Å². The van der Waals surface area contributed by atoms with E-state index in [9.17, 15) is 4.79 Å². The Morgan fingerprint density at radius 2 is 2.28 bits per heavy atom. The normalized spacial score (nSPS) is 27.1. The summed E-state index contributed by atoms with van der Waals surface area (Å²) in [4.78, 5) is 15.9. The first-order chi connectivity index (χ1) is 8.75.